The van der Waals surface area contributed by atoms with Gasteiger partial charge in [0.2, 0.25) is 0 Å². The molecule has 1 aromatic carbocycles. The minimum atomic E-state index is 0.734. The monoisotopic (exact) mass is 296 g/mol. The molecule has 0 atom stereocenters. The number of nitrogens with zero attached hydrogens (tertiary/aromatic N) is 2. The molecule has 0 aliphatic carbocycles. The zero-order chi connectivity index (χ0) is 14.2. The van der Waals surface area contributed by atoms with E-state index in [-0.39, 0.29) is 0 Å². The van der Waals surface area contributed by atoms with Crippen molar-refractivity contribution < 1.29 is 4.74 Å². The maximum atomic E-state index is 5.91. The molecule has 112 valence electrons. The van der Waals surface area contributed by atoms with Crippen molar-refractivity contribution in [1.82, 2.24) is 9.80 Å². The first-order valence-electron chi connectivity index (χ1n) is 7.53. The Morgan fingerprint density at radius 2 is 1.90 bits per heavy atom. The molecule has 0 spiro atoms. The van der Waals surface area contributed by atoms with E-state index in [0.29, 0.717) is 0 Å². The summed E-state index contributed by atoms with van der Waals surface area (Å²) < 4.78 is 5.69. The number of piperazine rings is 1. The Kier molecular flexibility index (Phi) is 6.64. The van der Waals surface area contributed by atoms with Crippen LogP contribution in [-0.2, 0) is 0 Å². The molecule has 1 heterocycles. The summed E-state index contributed by atoms with van der Waals surface area (Å²) >= 11 is 5.91. The van der Waals surface area contributed by atoms with Crippen molar-refractivity contribution in [3.8, 4) is 5.75 Å². The fourth-order valence-corrected chi connectivity index (χ4v) is 2.61. The van der Waals surface area contributed by atoms with Crippen molar-refractivity contribution in [3.05, 3.63) is 29.3 Å². The first-order valence-corrected chi connectivity index (χ1v) is 7.91. The summed E-state index contributed by atoms with van der Waals surface area (Å²) in [6.07, 6.45) is 3.61. The highest BCUT2D eigenvalue weighted by atomic mass is 35.5. The van der Waals surface area contributed by atoms with E-state index in [0.717, 1.165) is 23.8 Å². The Bertz CT molecular complexity index is 392. The van der Waals surface area contributed by atoms with Crippen LogP contribution < -0.4 is 4.74 Å². The Labute approximate surface area is 127 Å². The van der Waals surface area contributed by atoms with Gasteiger partial charge in [-0.2, -0.15) is 0 Å². The van der Waals surface area contributed by atoms with E-state index in [2.05, 4.69) is 16.8 Å². The van der Waals surface area contributed by atoms with Crippen molar-refractivity contribution >= 4 is 11.6 Å². The van der Waals surface area contributed by atoms with Crippen LogP contribution in [0.3, 0.4) is 0 Å². The van der Waals surface area contributed by atoms with Crippen LogP contribution in [0.15, 0.2) is 24.3 Å². The normalized spacial score (nSPS) is 17.3. The number of likely N-dealkylation sites (N-methyl/N-ethyl adjacent to an activating group) is 1. The van der Waals surface area contributed by atoms with Crippen LogP contribution in [0.4, 0.5) is 0 Å². The molecule has 0 saturated carbocycles. The van der Waals surface area contributed by atoms with Crippen LogP contribution >= 0.6 is 11.6 Å². The Hall–Kier alpha value is -0.770. The molecule has 0 amide bonds. The lowest BCUT2D eigenvalue weighted by molar-refractivity contribution is 0.151. The third kappa shape index (κ3) is 5.70. The Morgan fingerprint density at radius 1 is 1.10 bits per heavy atom. The van der Waals surface area contributed by atoms with E-state index in [4.69, 9.17) is 16.3 Å². The molecule has 1 fully saturated rings. The van der Waals surface area contributed by atoms with Crippen molar-refractivity contribution in [2.24, 2.45) is 0 Å². The SMILES string of the molecule is CN1CCN(CCCCCOc2cccc(Cl)c2)CC1. The van der Waals surface area contributed by atoms with Gasteiger partial charge in [-0.15, -0.1) is 0 Å². The lowest BCUT2D eigenvalue weighted by atomic mass is 10.2. The van der Waals surface area contributed by atoms with E-state index in [9.17, 15) is 0 Å². The van der Waals surface area contributed by atoms with Crippen molar-refractivity contribution in [3.63, 3.8) is 0 Å². The molecule has 1 aliphatic rings. The van der Waals surface area contributed by atoms with Gasteiger partial charge in [-0.3, -0.25) is 0 Å². The van der Waals surface area contributed by atoms with E-state index < -0.39 is 0 Å². The molecule has 1 aromatic rings. The van der Waals surface area contributed by atoms with E-state index in [1.165, 1.54) is 45.6 Å². The van der Waals surface area contributed by atoms with Crippen LogP contribution in [0.25, 0.3) is 0 Å². The maximum absolute atomic E-state index is 5.91. The summed E-state index contributed by atoms with van der Waals surface area (Å²) in [6, 6.07) is 7.61. The molecule has 2 rings (SSSR count). The second-order valence-electron chi connectivity index (χ2n) is 5.51. The average molecular weight is 297 g/mol. The summed E-state index contributed by atoms with van der Waals surface area (Å²) in [7, 11) is 2.20. The molecule has 4 heteroatoms. The minimum absolute atomic E-state index is 0.734. The molecular weight excluding hydrogens is 272 g/mol. The fourth-order valence-electron chi connectivity index (χ4n) is 2.43. The average Bonchev–Trinajstić information content (AvgIpc) is 2.45. The molecule has 0 radical (unpaired) electrons. The molecule has 3 nitrogen and oxygen atoms in total. The number of halogens is 1. The van der Waals surface area contributed by atoms with Gasteiger partial charge in [0.1, 0.15) is 5.75 Å². The zero-order valence-corrected chi connectivity index (χ0v) is 13.1. The number of hydrogen-bond acceptors (Lipinski definition) is 3. The number of unbranched alkanes of at least 4 members (excludes halogenated alkanes) is 2. The molecule has 0 unspecified atom stereocenters. The topological polar surface area (TPSA) is 15.7 Å². The maximum Gasteiger partial charge on any atom is 0.120 e. The van der Waals surface area contributed by atoms with Crippen molar-refractivity contribution in [1.29, 1.82) is 0 Å². The largest absolute Gasteiger partial charge is 0.494 e. The van der Waals surface area contributed by atoms with Gasteiger partial charge in [-0.1, -0.05) is 17.7 Å². The molecule has 20 heavy (non-hydrogen) atoms. The number of rotatable bonds is 7. The molecular formula is C16H25ClN2O. The van der Waals surface area contributed by atoms with Gasteiger partial charge >= 0.3 is 0 Å². The first kappa shape index (κ1) is 15.6. The van der Waals surface area contributed by atoms with E-state index in [1.807, 2.05) is 24.3 Å². The van der Waals surface area contributed by atoms with Gasteiger partial charge in [-0.25, -0.2) is 0 Å². The number of ether oxygens (including phenoxy) is 1. The summed E-state index contributed by atoms with van der Waals surface area (Å²) in [6.45, 7) is 6.86. The van der Waals surface area contributed by atoms with Gasteiger partial charge < -0.3 is 14.5 Å². The first-order chi connectivity index (χ1) is 9.74. The van der Waals surface area contributed by atoms with E-state index in [1.54, 1.807) is 0 Å². The van der Waals surface area contributed by atoms with Crippen LogP contribution in [0, 0.1) is 0 Å². The van der Waals surface area contributed by atoms with Gasteiger partial charge in [-0.05, 0) is 51.1 Å². The van der Waals surface area contributed by atoms with Gasteiger partial charge in [0.05, 0.1) is 6.61 Å². The quantitative estimate of drug-likeness (QED) is 0.719. The number of hydrogen-bond donors (Lipinski definition) is 0. The highest BCUT2D eigenvalue weighted by Crippen LogP contribution is 2.17. The highest BCUT2D eigenvalue weighted by molar-refractivity contribution is 6.30. The molecule has 0 aromatic heterocycles. The molecule has 0 bridgehead atoms. The minimum Gasteiger partial charge on any atom is -0.494 e. The summed E-state index contributed by atoms with van der Waals surface area (Å²) in [4.78, 5) is 4.97. The fraction of sp³-hybridized carbons (Fsp3) is 0.625. The smallest absolute Gasteiger partial charge is 0.120 e. The van der Waals surface area contributed by atoms with Crippen LogP contribution in [0.5, 0.6) is 5.75 Å². The van der Waals surface area contributed by atoms with Gasteiger partial charge in [0, 0.05) is 31.2 Å². The third-order valence-corrected chi connectivity index (χ3v) is 4.01. The predicted octanol–water partition coefficient (Wildman–Crippen LogP) is 3.14. The van der Waals surface area contributed by atoms with Gasteiger partial charge in [0.25, 0.3) is 0 Å². The Balaban J connectivity index is 1.49. The molecule has 1 aliphatic heterocycles. The molecule has 1 saturated heterocycles. The second kappa shape index (κ2) is 8.50. The van der Waals surface area contributed by atoms with Crippen LogP contribution in [-0.4, -0.2) is 56.2 Å². The standard InChI is InChI=1S/C16H25ClN2O/c1-18-9-11-19(12-10-18)8-3-2-4-13-20-16-7-5-6-15(17)14-16/h5-7,14H,2-4,8-13H2,1H3. The summed E-state index contributed by atoms with van der Waals surface area (Å²) in [5, 5.41) is 0.734. The lowest BCUT2D eigenvalue weighted by Gasteiger charge is -2.32. The van der Waals surface area contributed by atoms with Gasteiger partial charge in [0.15, 0.2) is 0 Å². The van der Waals surface area contributed by atoms with Crippen LogP contribution in [0.1, 0.15) is 19.3 Å². The molecule has 0 N–H and O–H groups in total. The summed E-state index contributed by atoms with van der Waals surface area (Å²) in [5.41, 5.74) is 0. The predicted molar refractivity (Wildman–Crippen MR) is 84.7 cm³/mol. The van der Waals surface area contributed by atoms with Crippen molar-refractivity contribution in [2.75, 3.05) is 46.4 Å². The highest BCUT2D eigenvalue weighted by Gasteiger charge is 2.12. The summed E-state index contributed by atoms with van der Waals surface area (Å²) in [5.74, 6) is 0.872. The van der Waals surface area contributed by atoms with Crippen molar-refractivity contribution in [2.45, 2.75) is 19.3 Å². The Morgan fingerprint density at radius 3 is 2.65 bits per heavy atom. The van der Waals surface area contributed by atoms with E-state index >= 15 is 0 Å². The second-order valence-corrected chi connectivity index (χ2v) is 5.95. The third-order valence-electron chi connectivity index (χ3n) is 3.78. The lowest BCUT2D eigenvalue weighted by Crippen LogP contribution is -2.44. The number of benzene rings is 1. The van der Waals surface area contributed by atoms with Crippen LogP contribution in [0.2, 0.25) is 5.02 Å². The zero-order valence-electron chi connectivity index (χ0n) is 12.4.